The van der Waals surface area contributed by atoms with E-state index in [4.69, 9.17) is 4.74 Å². The number of allylic oxidation sites excluding steroid dienone is 3. The summed E-state index contributed by atoms with van der Waals surface area (Å²) in [5, 5.41) is 0. The van der Waals surface area contributed by atoms with E-state index in [1.807, 2.05) is 6.07 Å². The van der Waals surface area contributed by atoms with Crippen LogP contribution in [0.1, 0.15) is 5.56 Å². The summed E-state index contributed by atoms with van der Waals surface area (Å²) in [5.41, 5.74) is 2.18. The molecular formula is C17H15NO. The summed E-state index contributed by atoms with van der Waals surface area (Å²) < 4.78 is 6.22. The zero-order valence-electron chi connectivity index (χ0n) is 10.6. The lowest BCUT2D eigenvalue weighted by Crippen LogP contribution is -2.29. The van der Waals surface area contributed by atoms with Crippen LogP contribution in [0.4, 0.5) is 0 Å². The molecule has 19 heavy (non-hydrogen) atoms. The van der Waals surface area contributed by atoms with E-state index in [-0.39, 0.29) is 5.60 Å². The van der Waals surface area contributed by atoms with E-state index in [0.29, 0.717) is 0 Å². The van der Waals surface area contributed by atoms with Crippen LogP contribution in [0.5, 0.6) is 5.75 Å². The molecule has 0 saturated heterocycles. The summed E-state index contributed by atoms with van der Waals surface area (Å²) in [7, 11) is 0. The van der Waals surface area contributed by atoms with Crippen molar-refractivity contribution in [3.63, 3.8) is 0 Å². The Hall–Kier alpha value is -2.22. The second-order valence-corrected chi connectivity index (χ2v) is 5.17. The van der Waals surface area contributed by atoms with Gasteiger partial charge in [0.15, 0.2) is 5.60 Å². The Bertz CT molecular complexity index is 611. The summed E-state index contributed by atoms with van der Waals surface area (Å²) in [6, 6.07) is 8.30. The van der Waals surface area contributed by atoms with Crippen molar-refractivity contribution >= 4 is 0 Å². The van der Waals surface area contributed by atoms with E-state index < -0.39 is 0 Å². The molecule has 4 rings (SSSR count). The quantitative estimate of drug-likeness (QED) is 0.655. The molecule has 2 heteroatoms. The van der Waals surface area contributed by atoms with Gasteiger partial charge in [0.05, 0.1) is 0 Å². The van der Waals surface area contributed by atoms with E-state index >= 15 is 0 Å². The fraction of sp³-hybridized carbons (Fsp3) is 0.176. The number of hydrogen-bond donors (Lipinski definition) is 0. The molecule has 0 aromatic heterocycles. The fourth-order valence-electron chi connectivity index (χ4n) is 2.91. The van der Waals surface area contributed by atoms with Crippen LogP contribution in [0, 0.1) is 0 Å². The largest absolute Gasteiger partial charge is 0.478 e. The number of para-hydroxylation sites is 1. The van der Waals surface area contributed by atoms with Crippen molar-refractivity contribution in [1.82, 2.24) is 4.90 Å². The smallest absolute Gasteiger partial charge is 0.152 e. The molecule has 1 atom stereocenters. The van der Waals surface area contributed by atoms with Gasteiger partial charge in [0, 0.05) is 24.9 Å². The Morgan fingerprint density at radius 2 is 2.11 bits per heavy atom. The van der Waals surface area contributed by atoms with Gasteiger partial charge in [0.2, 0.25) is 0 Å². The Morgan fingerprint density at radius 1 is 1.16 bits per heavy atom. The van der Waals surface area contributed by atoms with Crippen molar-refractivity contribution in [3.05, 3.63) is 78.2 Å². The summed E-state index contributed by atoms with van der Waals surface area (Å²) in [5.74, 6) is 1.01. The number of hydrogen-bond acceptors (Lipinski definition) is 2. The minimum Gasteiger partial charge on any atom is -0.478 e. The molecule has 1 spiro atoms. The highest BCUT2D eigenvalue weighted by Crippen LogP contribution is 2.38. The first-order valence-electron chi connectivity index (χ1n) is 6.64. The Labute approximate surface area is 113 Å². The molecule has 0 radical (unpaired) electrons. The number of fused-ring (bicyclic) bond motifs is 2. The number of nitrogens with zero attached hydrogens (tertiary/aromatic N) is 1. The highest BCUT2D eigenvalue weighted by atomic mass is 16.5. The first kappa shape index (κ1) is 10.7. The molecule has 94 valence electrons. The Balaban J connectivity index is 1.77. The first-order valence-corrected chi connectivity index (χ1v) is 6.64. The molecule has 3 aliphatic heterocycles. The number of ether oxygens (including phenoxy) is 1. The summed E-state index contributed by atoms with van der Waals surface area (Å²) >= 11 is 0. The minimum atomic E-state index is -0.316. The third kappa shape index (κ3) is 1.72. The predicted molar refractivity (Wildman–Crippen MR) is 75.7 cm³/mol. The fourth-order valence-corrected chi connectivity index (χ4v) is 2.91. The molecular weight excluding hydrogens is 234 g/mol. The Morgan fingerprint density at radius 3 is 3.05 bits per heavy atom. The van der Waals surface area contributed by atoms with E-state index in [1.165, 1.54) is 11.3 Å². The highest BCUT2D eigenvalue weighted by molar-refractivity contribution is 5.46. The first-order chi connectivity index (χ1) is 9.35. The van der Waals surface area contributed by atoms with E-state index in [1.54, 1.807) is 0 Å². The average Bonchev–Trinajstić information content (AvgIpc) is 2.68. The monoisotopic (exact) mass is 249 g/mol. The van der Waals surface area contributed by atoms with Gasteiger partial charge < -0.3 is 9.64 Å². The van der Waals surface area contributed by atoms with Crippen LogP contribution in [-0.4, -0.2) is 17.0 Å². The van der Waals surface area contributed by atoms with Crippen LogP contribution >= 0.6 is 0 Å². The average molecular weight is 249 g/mol. The van der Waals surface area contributed by atoms with Gasteiger partial charge in [-0.1, -0.05) is 30.4 Å². The maximum Gasteiger partial charge on any atom is 0.152 e. The normalized spacial score (nSPS) is 26.7. The van der Waals surface area contributed by atoms with Gasteiger partial charge >= 0.3 is 0 Å². The predicted octanol–water partition coefficient (Wildman–Crippen LogP) is 3.20. The van der Waals surface area contributed by atoms with Crippen molar-refractivity contribution in [2.45, 2.75) is 12.0 Å². The van der Waals surface area contributed by atoms with E-state index in [0.717, 1.165) is 18.7 Å². The molecule has 3 heterocycles. The van der Waals surface area contributed by atoms with Crippen LogP contribution in [0.3, 0.4) is 0 Å². The molecule has 0 saturated carbocycles. The summed E-state index contributed by atoms with van der Waals surface area (Å²) in [4.78, 5) is 2.23. The molecule has 0 amide bonds. The van der Waals surface area contributed by atoms with Crippen LogP contribution in [0.25, 0.3) is 0 Å². The lowest BCUT2D eigenvalue weighted by Gasteiger charge is -2.24. The lowest BCUT2D eigenvalue weighted by molar-refractivity contribution is 0.201. The molecule has 0 fully saturated rings. The van der Waals surface area contributed by atoms with Crippen molar-refractivity contribution in [1.29, 1.82) is 0 Å². The molecule has 1 unspecified atom stereocenters. The minimum absolute atomic E-state index is 0.316. The van der Waals surface area contributed by atoms with Crippen LogP contribution in [0.2, 0.25) is 0 Å². The van der Waals surface area contributed by atoms with Crippen LogP contribution in [0.15, 0.2) is 72.6 Å². The maximum absolute atomic E-state index is 6.22. The molecule has 1 aromatic carbocycles. The van der Waals surface area contributed by atoms with Gasteiger partial charge in [-0.3, -0.25) is 0 Å². The van der Waals surface area contributed by atoms with Gasteiger partial charge in [-0.25, -0.2) is 0 Å². The molecule has 3 aliphatic rings. The van der Waals surface area contributed by atoms with Crippen molar-refractivity contribution in [2.24, 2.45) is 0 Å². The number of benzene rings is 1. The molecule has 1 aromatic rings. The molecule has 2 nitrogen and oxygen atoms in total. The van der Waals surface area contributed by atoms with Crippen molar-refractivity contribution in [3.8, 4) is 5.75 Å². The molecule has 0 aliphatic carbocycles. The summed E-state index contributed by atoms with van der Waals surface area (Å²) in [6.07, 6.45) is 15.9. The zero-order valence-corrected chi connectivity index (χ0v) is 10.6. The van der Waals surface area contributed by atoms with Crippen molar-refractivity contribution in [2.75, 3.05) is 6.54 Å². The summed E-state index contributed by atoms with van der Waals surface area (Å²) in [6.45, 7) is 0.897. The molecule has 0 bridgehead atoms. The second kappa shape index (κ2) is 3.89. The van der Waals surface area contributed by atoms with Gasteiger partial charge in [-0.15, -0.1) is 0 Å². The van der Waals surface area contributed by atoms with Gasteiger partial charge in [0.25, 0.3) is 0 Å². The third-order valence-corrected chi connectivity index (χ3v) is 3.81. The maximum atomic E-state index is 6.22. The van der Waals surface area contributed by atoms with Gasteiger partial charge in [0.1, 0.15) is 5.75 Å². The lowest BCUT2D eigenvalue weighted by atomic mass is 9.95. The van der Waals surface area contributed by atoms with Crippen LogP contribution in [-0.2, 0) is 6.42 Å². The third-order valence-electron chi connectivity index (χ3n) is 3.81. The Kier molecular flexibility index (Phi) is 2.18. The van der Waals surface area contributed by atoms with Crippen molar-refractivity contribution < 1.29 is 4.74 Å². The van der Waals surface area contributed by atoms with Crippen LogP contribution < -0.4 is 4.74 Å². The highest BCUT2D eigenvalue weighted by Gasteiger charge is 2.36. The van der Waals surface area contributed by atoms with Gasteiger partial charge in [-0.2, -0.15) is 0 Å². The molecule has 0 N–H and O–H groups in total. The van der Waals surface area contributed by atoms with E-state index in [9.17, 15) is 0 Å². The zero-order chi connectivity index (χ0) is 12.7. The standard InChI is InChI=1S/C17H15NO/c1-2-8-16-14(6-1)12-17(19-16)9-5-11-18-10-4-3-7-15(18)13-17/h1-10,13H,11-12H2. The topological polar surface area (TPSA) is 12.5 Å². The number of rotatable bonds is 0. The van der Waals surface area contributed by atoms with E-state index in [2.05, 4.69) is 65.8 Å². The second-order valence-electron chi connectivity index (χ2n) is 5.17. The SMILES string of the molecule is C1=CC2=CC3(C=CCN2C=C1)Cc1ccccc1O3. The van der Waals surface area contributed by atoms with Gasteiger partial charge in [-0.05, 0) is 35.9 Å².